The molecular formula is C22H20N2O3. The predicted octanol–water partition coefficient (Wildman–Crippen LogP) is 4.81. The Hall–Kier alpha value is -3.47. The summed E-state index contributed by atoms with van der Waals surface area (Å²) in [5.41, 5.74) is 2.73. The van der Waals surface area contributed by atoms with Gasteiger partial charge in [-0.25, -0.2) is 0 Å². The van der Waals surface area contributed by atoms with Crippen molar-refractivity contribution in [1.29, 1.82) is 0 Å². The highest BCUT2D eigenvalue weighted by atomic mass is 16.3. The molecule has 0 unspecified atom stereocenters. The monoisotopic (exact) mass is 360 g/mol. The second-order valence-corrected chi connectivity index (χ2v) is 6.39. The number of furan rings is 2. The van der Waals surface area contributed by atoms with Crippen LogP contribution in [0.25, 0.3) is 22.3 Å². The van der Waals surface area contributed by atoms with Crippen molar-refractivity contribution in [2.45, 2.75) is 19.5 Å². The van der Waals surface area contributed by atoms with Gasteiger partial charge in [-0.2, -0.15) is 0 Å². The molecule has 0 bridgehead atoms. The SMILES string of the molecule is C[C@@H](Nc1ccc(-c2cc3ccccc3o2)cc1)C(=O)NCc1ccco1. The quantitative estimate of drug-likeness (QED) is 0.518. The van der Waals surface area contributed by atoms with E-state index < -0.39 is 0 Å². The molecule has 4 aromatic rings. The van der Waals surface area contributed by atoms with Crippen molar-refractivity contribution in [1.82, 2.24) is 5.32 Å². The van der Waals surface area contributed by atoms with Crippen molar-refractivity contribution in [3.05, 3.63) is 78.8 Å². The number of fused-ring (bicyclic) bond motifs is 1. The van der Waals surface area contributed by atoms with Crippen molar-refractivity contribution in [3.63, 3.8) is 0 Å². The first-order chi connectivity index (χ1) is 13.2. The highest BCUT2D eigenvalue weighted by molar-refractivity contribution is 5.85. The van der Waals surface area contributed by atoms with Crippen LogP contribution in [0.2, 0.25) is 0 Å². The lowest BCUT2D eigenvalue weighted by Gasteiger charge is -2.15. The van der Waals surface area contributed by atoms with Crippen molar-refractivity contribution in [2.75, 3.05) is 5.32 Å². The Balaban J connectivity index is 1.39. The van der Waals surface area contributed by atoms with Crippen molar-refractivity contribution < 1.29 is 13.6 Å². The molecule has 0 spiro atoms. The standard InChI is InChI=1S/C22H20N2O3/c1-15(22(25)23-14-19-6-4-12-26-19)24-18-10-8-16(9-11-18)21-13-17-5-2-3-7-20(17)27-21/h2-13,15,24H,14H2,1H3,(H,23,25)/t15-/m1/s1. The van der Waals surface area contributed by atoms with Crippen LogP contribution in [0.1, 0.15) is 12.7 Å². The highest BCUT2D eigenvalue weighted by Crippen LogP contribution is 2.28. The maximum Gasteiger partial charge on any atom is 0.242 e. The summed E-state index contributed by atoms with van der Waals surface area (Å²) in [4.78, 5) is 12.2. The summed E-state index contributed by atoms with van der Waals surface area (Å²) in [6, 6.07) is 21.1. The first-order valence-electron chi connectivity index (χ1n) is 8.85. The lowest BCUT2D eigenvalue weighted by atomic mass is 10.1. The Bertz CT molecular complexity index is 1000. The van der Waals surface area contributed by atoms with Crippen molar-refractivity contribution >= 4 is 22.6 Å². The molecule has 136 valence electrons. The highest BCUT2D eigenvalue weighted by Gasteiger charge is 2.13. The van der Waals surface area contributed by atoms with Gasteiger partial charge in [-0.05, 0) is 55.5 Å². The summed E-state index contributed by atoms with van der Waals surface area (Å²) in [5, 5.41) is 7.13. The molecule has 0 radical (unpaired) electrons. The summed E-state index contributed by atoms with van der Waals surface area (Å²) in [6.07, 6.45) is 1.59. The molecule has 1 amide bonds. The maximum absolute atomic E-state index is 12.2. The Morgan fingerprint density at radius 2 is 1.85 bits per heavy atom. The molecule has 0 saturated heterocycles. The summed E-state index contributed by atoms with van der Waals surface area (Å²) in [6.45, 7) is 2.20. The van der Waals surface area contributed by atoms with Crippen LogP contribution >= 0.6 is 0 Å². The minimum Gasteiger partial charge on any atom is -0.467 e. The smallest absolute Gasteiger partial charge is 0.242 e. The van der Waals surface area contributed by atoms with Crippen molar-refractivity contribution in [2.24, 2.45) is 0 Å². The van der Waals surface area contributed by atoms with E-state index in [0.29, 0.717) is 6.54 Å². The summed E-state index contributed by atoms with van der Waals surface area (Å²) >= 11 is 0. The Morgan fingerprint density at radius 1 is 1.04 bits per heavy atom. The number of amides is 1. The van der Waals surface area contributed by atoms with E-state index in [-0.39, 0.29) is 11.9 Å². The fourth-order valence-electron chi connectivity index (χ4n) is 2.91. The first-order valence-corrected chi connectivity index (χ1v) is 8.85. The number of carbonyl (C=O) groups is 1. The molecule has 2 heterocycles. The molecule has 0 aliphatic heterocycles. The number of rotatable bonds is 6. The van der Waals surface area contributed by atoms with E-state index in [0.717, 1.165) is 33.7 Å². The number of anilines is 1. The molecule has 0 aliphatic carbocycles. The van der Waals surface area contributed by atoms with Gasteiger partial charge in [0.1, 0.15) is 23.1 Å². The third kappa shape index (κ3) is 3.87. The van der Waals surface area contributed by atoms with Gasteiger partial charge in [-0.3, -0.25) is 4.79 Å². The van der Waals surface area contributed by atoms with Crippen LogP contribution in [0.3, 0.4) is 0 Å². The lowest BCUT2D eigenvalue weighted by molar-refractivity contribution is -0.121. The van der Waals surface area contributed by atoms with Gasteiger partial charge in [-0.15, -0.1) is 0 Å². The van der Waals surface area contributed by atoms with Crippen LogP contribution in [-0.2, 0) is 11.3 Å². The summed E-state index contributed by atoms with van der Waals surface area (Å²) in [5.74, 6) is 1.46. The van der Waals surface area contributed by atoms with Crippen LogP contribution in [0, 0.1) is 0 Å². The minimum atomic E-state index is -0.364. The average molecular weight is 360 g/mol. The molecule has 0 saturated carbocycles. The third-order valence-corrected chi connectivity index (χ3v) is 4.39. The fraction of sp³-hybridized carbons (Fsp3) is 0.136. The van der Waals surface area contributed by atoms with Crippen LogP contribution < -0.4 is 10.6 Å². The van der Waals surface area contributed by atoms with E-state index in [1.165, 1.54) is 0 Å². The molecule has 4 rings (SSSR count). The summed E-state index contributed by atoms with van der Waals surface area (Å²) < 4.78 is 11.1. The number of hydrogen-bond acceptors (Lipinski definition) is 4. The molecule has 2 N–H and O–H groups in total. The molecule has 5 nitrogen and oxygen atoms in total. The van der Waals surface area contributed by atoms with Crippen molar-refractivity contribution in [3.8, 4) is 11.3 Å². The lowest BCUT2D eigenvalue weighted by Crippen LogP contribution is -2.37. The van der Waals surface area contributed by atoms with Crippen LogP contribution in [-0.4, -0.2) is 11.9 Å². The Kier molecular flexibility index (Phi) is 4.66. The van der Waals surface area contributed by atoms with Crippen LogP contribution in [0.4, 0.5) is 5.69 Å². The Morgan fingerprint density at radius 3 is 2.59 bits per heavy atom. The zero-order valence-corrected chi connectivity index (χ0v) is 14.9. The number of nitrogens with one attached hydrogen (secondary N) is 2. The first kappa shape index (κ1) is 17.0. The van der Waals surface area contributed by atoms with Gasteiger partial charge >= 0.3 is 0 Å². The Labute approximate surface area is 157 Å². The zero-order chi connectivity index (χ0) is 18.6. The molecule has 27 heavy (non-hydrogen) atoms. The number of hydrogen-bond donors (Lipinski definition) is 2. The maximum atomic E-state index is 12.2. The van der Waals surface area contributed by atoms with Gasteiger partial charge in [0, 0.05) is 16.6 Å². The van der Waals surface area contributed by atoms with E-state index in [9.17, 15) is 4.79 Å². The van der Waals surface area contributed by atoms with Gasteiger partial charge in [0.25, 0.3) is 0 Å². The van der Waals surface area contributed by atoms with Crippen LogP contribution in [0.5, 0.6) is 0 Å². The number of carbonyl (C=O) groups excluding carboxylic acids is 1. The summed E-state index contributed by atoms with van der Waals surface area (Å²) in [7, 11) is 0. The van der Waals surface area contributed by atoms with E-state index >= 15 is 0 Å². The molecule has 2 aromatic heterocycles. The van der Waals surface area contributed by atoms with E-state index in [2.05, 4.69) is 10.6 Å². The second-order valence-electron chi connectivity index (χ2n) is 6.39. The van der Waals surface area contributed by atoms with Gasteiger partial charge < -0.3 is 19.5 Å². The van der Waals surface area contributed by atoms with Gasteiger partial charge in [0.2, 0.25) is 5.91 Å². The predicted molar refractivity (Wildman–Crippen MR) is 105 cm³/mol. The van der Waals surface area contributed by atoms with Gasteiger partial charge in [-0.1, -0.05) is 18.2 Å². The topological polar surface area (TPSA) is 67.4 Å². The average Bonchev–Trinajstić information content (AvgIpc) is 3.36. The zero-order valence-electron chi connectivity index (χ0n) is 14.9. The minimum absolute atomic E-state index is 0.0900. The molecule has 5 heteroatoms. The second kappa shape index (κ2) is 7.41. The molecule has 2 aromatic carbocycles. The number of para-hydroxylation sites is 1. The van der Waals surface area contributed by atoms with Gasteiger partial charge in [0.15, 0.2) is 0 Å². The molecule has 0 aliphatic rings. The number of benzene rings is 2. The van der Waals surface area contributed by atoms with Crippen LogP contribution in [0.15, 0.2) is 81.8 Å². The molecule has 0 fully saturated rings. The third-order valence-electron chi connectivity index (χ3n) is 4.39. The van der Waals surface area contributed by atoms with E-state index in [1.807, 2.05) is 67.6 Å². The van der Waals surface area contributed by atoms with Gasteiger partial charge in [0.05, 0.1) is 12.8 Å². The normalized spacial score (nSPS) is 12.0. The largest absolute Gasteiger partial charge is 0.467 e. The van der Waals surface area contributed by atoms with E-state index in [1.54, 1.807) is 12.3 Å². The molecular weight excluding hydrogens is 340 g/mol. The van der Waals surface area contributed by atoms with E-state index in [4.69, 9.17) is 8.83 Å². The molecule has 1 atom stereocenters. The fourth-order valence-corrected chi connectivity index (χ4v) is 2.91.